The van der Waals surface area contributed by atoms with Crippen molar-refractivity contribution in [2.45, 2.75) is 19.9 Å². The molecule has 9 nitrogen and oxygen atoms in total. The quantitative estimate of drug-likeness (QED) is 0.332. The first-order valence-corrected chi connectivity index (χ1v) is 12.2. The number of nitrogens with zero attached hydrogens (tertiary/aromatic N) is 3. The van der Waals surface area contributed by atoms with Crippen molar-refractivity contribution >= 4 is 62.7 Å². The van der Waals surface area contributed by atoms with Gasteiger partial charge >= 0.3 is 0 Å². The highest BCUT2D eigenvalue weighted by molar-refractivity contribution is 8.26. The van der Waals surface area contributed by atoms with Crippen LogP contribution in [0.25, 0.3) is 6.08 Å². The number of benzene rings is 1. The normalized spacial score (nSPS) is 14.6. The Balaban J connectivity index is 1.40. The molecular weight excluding hydrogens is 496 g/mol. The van der Waals surface area contributed by atoms with Gasteiger partial charge in [0.05, 0.1) is 24.8 Å². The van der Waals surface area contributed by atoms with Gasteiger partial charge in [-0.2, -0.15) is 0 Å². The molecule has 0 atom stereocenters. The molecule has 3 heterocycles. The van der Waals surface area contributed by atoms with Crippen LogP contribution < -0.4 is 14.8 Å². The van der Waals surface area contributed by atoms with Crippen molar-refractivity contribution in [2.75, 3.05) is 19.0 Å². The van der Waals surface area contributed by atoms with Crippen LogP contribution in [0, 0.1) is 0 Å². The SMILES string of the molecule is CCc1nnc(NC(=O)COc2ccc(/C=C3\SC(=S)N(Cc4ccco4)C3=O)cc2OC)s1. The number of rotatable bonds is 9. The summed E-state index contributed by atoms with van der Waals surface area (Å²) in [5.41, 5.74) is 0.730. The molecule has 2 aromatic heterocycles. The molecule has 1 aliphatic heterocycles. The number of hydrogen-bond acceptors (Lipinski definition) is 10. The summed E-state index contributed by atoms with van der Waals surface area (Å²) in [7, 11) is 1.50. The lowest BCUT2D eigenvalue weighted by Crippen LogP contribution is -2.27. The van der Waals surface area contributed by atoms with Crippen LogP contribution in [0.15, 0.2) is 45.9 Å². The third-order valence-electron chi connectivity index (χ3n) is 4.63. The first kappa shape index (κ1) is 23.9. The molecule has 0 aliphatic carbocycles. The molecule has 0 saturated carbocycles. The Hall–Kier alpha value is -3.22. The summed E-state index contributed by atoms with van der Waals surface area (Å²) < 4.78 is 16.8. The van der Waals surface area contributed by atoms with E-state index in [0.717, 1.165) is 17.0 Å². The molecule has 0 radical (unpaired) electrons. The summed E-state index contributed by atoms with van der Waals surface area (Å²) in [6.45, 7) is 2.03. The van der Waals surface area contributed by atoms with Gasteiger partial charge in [-0.1, -0.05) is 48.3 Å². The van der Waals surface area contributed by atoms with E-state index in [1.807, 2.05) is 6.92 Å². The summed E-state index contributed by atoms with van der Waals surface area (Å²) in [4.78, 5) is 27.0. The third-order valence-corrected chi connectivity index (χ3v) is 6.99. The Morgan fingerprint density at radius 1 is 1.29 bits per heavy atom. The fourth-order valence-electron chi connectivity index (χ4n) is 2.98. The number of methoxy groups -OCH3 is 1. The zero-order chi connectivity index (χ0) is 24.1. The van der Waals surface area contributed by atoms with Gasteiger partial charge in [-0.15, -0.1) is 10.2 Å². The molecule has 1 aliphatic rings. The molecule has 176 valence electrons. The van der Waals surface area contributed by atoms with E-state index < -0.39 is 0 Å². The van der Waals surface area contributed by atoms with Gasteiger partial charge in [-0.3, -0.25) is 19.8 Å². The molecule has 12 heteroatoms. The lowest BCUT2D eigenvalue weighted by molar-refractivity contribution is -0.122. The topological polar surface area (TPSA) is 107 Å². The molecule has 1 aromatic carbocycles. The van der Waals surface area contributed by atoms with Gasteiger partial charge < -0.3 is 13.9 Å². The highest BCUT2D eigenvalue weighted by atomic mass is 32.2. The minimum absolute atomic E-state index is 0.190. The highest BCUT2D eigenvalue weighted by Crippen LogP contribution is 2.35. The molecule has 1 saturated heterocycles. The second-order valence-corrected chi connectivity index (χ2v) is 9.69. The van der Waals surface area contributed by atoms with E-state index in [0.29, 0.717) is 31.6 Å². The second kappa shape index (κ2) is 10.8. The number of hydrogen-bond donors (Lipinski definition) is 1. The van der Waals surface area contributed by atoms with Crippen molar-refractivity contribution < 1.29 is 23.5 Å². The fraction of sp³-hybridized carbons (Fsp3) is 0.227. The number of anilines is 1. The summed E-state index contributed by atoms with van der Waals surface area (Å²) in [5.74, 6) is 0.931. The molecule has 3 aromatic rings. The van der Waals surface area contributed by atoms with Crippen LogP contribution in [0.2, 0.25) is 0 Å². The van der Waals surface area contributed by atoms with Crippen LogP contribution in [0.1, 0.15) is 23.3 Å². The number of nitrogens with one attached hydrogen (secondary N) is 1. The van der Waals surface area contributed by atoms with E-state index in [1.165, 1.54) is 35.1 Å². The summed E-state index contributed by atoms with van der Waals surface area (Å²) in [6.07, 6.45) is 4.05. The lowest BCUT2D eigenvalue weighted by atomic mass is 10.2. The smallest absolute Gasteiger partial charge is 0.266 e. The number of thioether (sulfide) groups is 1. The number of aromatic nitrogens is 2. The number of carbonyl (C=O) groups is 2. The predicted octanol–water partition coefficient (Wildman–Crippen LogP) is 4.12. The minimum Gasteiger partial charge on any atom is -0.493 e. The van der Waals surface area contributed by atoms with Gasteiger partial charge in [-0.25, -0.2) is 0 Å². The predicted molar refractivity (Wildman–Crippen MR) is 134 cm³/mol. The molecule has 1 fully saturated rings. The molecule has 34 heavy (non-hydrogen) atoms. The van der Waals surface area contributed by atoms with E-state index in [4.69, 9.17) is 26.1 Å². The zero-order valence-corrected chi connectivity index (χ0v) is 20.7. The van der Waals surface area contributed by atoms with E-state index in [9.17, 15) is 9.59 Å². The van der Waals surface area contributed by atoms with E-state index in [-0.39, 0.29) is 25.0 Å². The zero-order valence-electron chi connectivity index (χ0n) is 18.3. The largest absolute Gasteiger partial charge is 0.493 e. The summed E-state index contributed by atoms with van der Waals surface area (Å²) in [5, 5.41) is 11.8. The third kappa shape index (κ3) is 5.64. The van der Waals surface area contributed by atoms with Crippen LogP contribution in [0.5, 0.6) is 11.5 Å². The molecule has 0 spiro atoms. The average Bonchev–Trinajstić information content (AvgIpc) is 3.57. The van der Waals surface area contributed by atoms with Gasteiger partial charge in [0.2, 0.25) is 5.13 Å². The van der Waals surface area contributed by atoms with Gasteiger partial charge in [0.25, 0.3) is 11.8 Å². The maximum absolute atomic E-state index is 12.8. The maximum atomic E-state index is 12.8. The van der Waals surface area contributed by atoms with Crippen LogP contribution in [0.3, 0.4) is 0 Å². The lowest BCUT2D eigenvalue weighted by Gasteiger charge is -2.12. The van der Waals surface area contributed by atoms with Crippen LogP contribution in [-0.4, -0.2) is 44.9 Å². The molecule has 1 N–H and O–H groups in total. The Kier molecular flexibility index (Phi) is 7.60. The Labute approximate surface area is 209 Å². The molecule has 0 unspecified atom stereocenters. The fourth-order valence-corrected chi connectivity index (χ4v) is 4.94. The average molecular weight is 517 g/mol. The Morgan fingerprint density at radius 2 is 2.15 bits per heavy atom. The summed E-state index contributed by atoms with van der Waals surface area (Å²) in [6, 6.07) is 8.74. The van der Waals surface area contributed by atoms with Crippen molar-refractivity contribution in [3.63, 3.8) is 0 Å². The molecular formula is C22H20N4O5S3. The number of carbonyl (C=O) groups excluding carboxylic acids is 2. The van der Waals surface area contributed by atoms with Crippen molar-refractivity contribution in [2.24, 2.45) is 0 Å². The number of aryl methyl sites for hydroxylation is 1. The Morgan fingerprint density at radius 3 is 2.85 bits per heavy atom. The van der Waals surface area contributed by atoms with Gasteiger partial charge in [0, 0.05) is 0 Å². The maximum Gasteiger partial charge on any atom is 0.266 e. The van der Waals surface area contributed by atoms with Crippen LogP contribution >= 0.6 is 35.3 Å². The van der Waals surface area contributed by atoms with Gasteiger partial charge in [0.1, 0.15) is 15.1 Å². The number of amides is 2. The van der Waals surface area contributed by atoms with Crippen molar-refractivity contribution in [1.82, 2.24) is 15.1 Å². The van der Waals surface area contributed by atoms with E-state index >= 15 is 0 Å². The summed E-state index contributed by atoms with van der Waals surface area (Å²) >= 11 is 7.91. The first-order chi connectivity index (χ1) is 16.5. The standard InChI is InChI=1S/C22H20N4O5S3/c1-3-19-24-25-21(34-19)23-18(27)12-31-15-7-6-13(9-16(15)29-2)10-17-20(28)26(22(32)33-17)11-14-5-4-8-30-14/h4-10H,3,11-12H2,1-2H3,(H,23,25,27)/b17-10-. The molecule has 4 rings (SSSR count). The van der Waals surface area contributed by atoms with E-state index in [1.54, 1.807) is 42.7 Å². The molecule has 0 bridgehead atoms. The molecule has 2 amide bonds. The number of ether oxygens (including phenoxy) is 2. The second-order valence-electron chi connectivity index (χ2n) is 6.95. The van der Waals surface area contributed by atoms with Crippen molar-refractivity contribution in [1.29, 1.82) is 0 Å². The first-order valence-electron chi connectivity index (χ1n) is 10.2. The number of thiocarbonyl (C=S) groups is 1. The van der Waals surface area contributed by atoms with Crippen molar-refractivity contribution in [3.05, 3.63) is 57.8 Å². The highest BCUT2D eigenvalue weighted by Gasteiger charge is 2.32. The van der Waals surface area contributed by atoms with Crippen LogP contribution in [0.4, 0.5) is 5.13 Å². The van der Waals surface area contributed by atoms with Crippen LogP contribution in [-0.2, 0) is 22.6 Å². The minimum atomic E-state index is -0.356. The van der Waals surface area contributed by atoms with Gasteiger partial charge in [-0.05, 0) is 42.3 Å². The van der Waals surface area contributed by atoms with E-state index in [2.05, 4.69) is 15.5 Å². The van der Waals surface area contributed by atoms with Crippen molar-refractivity contribution in [3.8, 4) is 11.5 Å². The number of furan rings is 1. The van der Waals surface area contributed by atoms with Gasteiger partial charge in [0.15, 0.2) is 18.1 Å². The monoisotopic (exact) mass is 516 g/mol. The Bertz CT molecular complexity index is 1240.